The third kappa shape index (κ3) is 11.0. The fourth-order valence-corrected chi connectivity index (χ4v) is 1.77. The van der Waals surface area contributed by atoms with Crippen molar-refractivity contribution >= 4 is 11.9 Å². The van der Waals surface area contributed by atoms with Gasteiger partial charge in [-0.15, -0.1) is 0 Å². The average molecular weight is 408 g/mol. The Kier molecular flexibility index (Phi) is 16.9. The molecule has 0 saturated heterocycles. The third-order valence-electron chi connectivity index (χ3n) is 3.75. The molecule has 0 aromatic heterocycles. The van der Waals surface area contributed by atoms with Crippen LogP contribution in [0.1, 0.15) is 79.1 Å². The number of hydrogen-bond acceptors (Lipinski definition) is 6. The fourth-order valence-electron chi connectivity index (χ4n) is 1.77. The summed E-state index contributed by atoms with van der Waals surface area (Å²) in [7, 11) is 0. The zero-order valence-corrected chi connectivity index (χ0v) is 17.1. The van der Waals surface area contributed by atoms with Gasteiger partial charge in [0.25, 0.3) is 0 Å². The van der Waals surface area contributed by atoms with E-state index in [1.165, 1.54) is 0 Å². The molecule has 0 bridgehead atoms. The van der Waals surface area contributed by atoms with E-state index >= 15 is 0 Å². The zero-order valence-electron chi connectivity index (χ0n) is 14.6. The molecule has 0 aromatic rings. The zero-order chi connectivity index (χ0) is 17.8. The summed E-state index contributed by atoms with van der Waals surface area (Å²) in [6.45, 7) is 7.01. The summed E-state index contributed by atoms with van der Waals surface area (Å²) < 4.78 is 0. The van der Waals surface area contributed by atoms with Crippen LogP contribution < -0.4 is 20.4 Å². The van der Waals surface area contributed by atoms with Gasteiger partial charge in [0.1, 0.15) is 0 Å². The van der Waals surface area contributed by atoms with Crippen LogP contribution in [0, 0.1) is 0 Å². The van der Waals surface area contributed by atoms with Crippen LogP contribution in [0.2, 0.25) is 0 Å². The van der Waals surface area contributed by atoms with Crippen LogP contribution in [0.15, 0.2) is 0 Å². The monoisotopic (exact) mass is 406 g/mol. The van der Waals surface area contributed by atoms with Crippen molar-refractivity contribution < 1.29 is 56.2 Å². The summed E-state index contributed by atoms with van der Waals surface area (Å²) in [5, 5.41) is 43.2. The molecule has 0 aliphatic carbocycles. The molecule has 0 heterocycles. The van der Waals surface area contributed by atoms with E-state index in [1.54, 1.807) is 13.8 Å². The van der Waals surface area contributed by atoms with Gasteiger partial charge in [0, 0.05) is 11.9 Å². The second-order valence-corrected chi connectivity index (χ2v) is 5.48. The topological polar surface area (TPSA) is 126 Å². The van der Waals surface area contributed by atoms with Crippen molar-refractivity contribution in [3.05, 3.63) is 0 Å². The normalized spacial score (nSPS) is 15.2. The first-order valence-corrected chi connectivity index (χ1v) is 7.97. The van der Waals surface area contributed by atoms with Gasteiger partial charge in [-0.1, -0.05) is 90.3 Å². The van der Waals surface area contributed by atoms with Crippen LogP contribution in [-0.4, -0.2) is 23.1 Å². The number of rotatable bonds is 10. The SMILES string of the molecule is CCCCC([O-])(CC)C(=O)[O-].CCCCC([O-])(CC)C(=O)[O-].[Zr+4]. The number of unbranched alkanes of at least 4 members (excludes halogenated alkanes) is 2. The Morgan fingerprint density at radius 3 is 1.13 bits per heavy atom. The van der Waals surface area contributed by atoms with Crippen molar-refractivity contribution in [2.45, 2.75) is 90.3 Å². The van der Waals surface area contributed by atoms with Crippen molar-refractivity contribution in [2.24, 2.45) is 0 Å². The molecule has 0 saturated carbocycles. The van der Waals surface area contributed by atoms with E-state index in [4.69, 9.17) is 0 Å². The van der Waals surface area contributed by atoms with Gasteiger partial charge in [0.15, 0.2) is 0 Å². The summed E-state index contributed by atoms with van der Waals surface area (Å²) in [5.74, 6) is -2.93. The Labute approximate surface area is 158 Å². The molecule has 0 aromatic carbocycles. The minimum absolute atomic E-state index is 0. The molecule has 132 valence electrons. The predicted molar refractivity (Wildman–Crippen MR) is 75.1 cm³/mol. The predicted octanol–water partition coefficient (Wildman–Crippen LogP) is -1.13. The van der Waals surface area contributed by atoms with E-state index in [1.807, 2.05) is 13.8 Å². The first-order chi connectivity index (χ1) is 10.1. The smallest absolute Gasteiger partial charge is 0.845 e. The largest absolute Gasteiger partial charge is 4.00 e. The number of carbonyl (C=O) groups is 2. The Morgan fingerprint density at radius 1 is 0.739 bits per heavy atom. The van der Waals surface area contributed by atoms with E-state index in [0.717, 1.165) is 12.8 Å². The summed E-state index contributed by atoms with van der Waals surface area (Å²) in [6.07, 6.45) is 3.58. The van der Waals surface area contributed by atoms with Crippen LogP contribution in [0.5, 0.6) is 0 Å². The quantitative estimate of drug-likeness (QED) is 0.451. The van der Waals surface area contributed by atoms with Crippen molar-refractivity contribution in [1.82, 2.24) is 0 Å². The van der Waals surface area contributed by atoms with Crippen LogP contribution in [-0.2, 0) is 35.8 Å². The molecule has 0 aliphatic heterocycles. The second-order valence-electron chi connectivity index (χ2n) is 5.48. The molecule has 0 N–H and O–H groups in total. The fraction of sp³-hybridized carbons (Fsp3) is 0.875. The average Bonchev–Trinajstić information content (AvgIpc) is 2.50. The number of carboxylic acids is 2. The van der Waals surface area contributed by atoms with Gasteiger partial charge in [0.05, 0.1) is 0 Å². The molecule has 0 amide bonds. The van der Waals surface area contributed by atoms with Crippen LogP contribution in [0.4, 0.5) is 0 Å². The molecule has 7 heteroatoms. The van der Waals surface area contributed by atoms with Gasteiger partial charge in [0.2, 0.25) is 0 Å². The Hall–Kier alpha value is -0.257. The van der Waals surface area contributed by atoms with Crippen LogP contribution >= 0.6 is 0 Å². The number of carboxylic acid groups (broad SMARTS) is 2. The second kappa shape index (κ2) is 14.1. The molecule has 2 atom stereocenters. The van der Waals surface area contributed by atoms with E-state index in [2.05, 4.69) is 0 Å². The maximum absolute atomic E-state index is 11.3. The summed E-state index contributed by atoms with van der Waals surface area (Å²) >= 11 is 0. The van der Waals surface area contributed by atoms with Crippen molar-refractivity contribution in [3.63, 3.8) is 0 Å². The molecule has 0 rings (SSSR count). The summed E-state index contributed by atoms with van der Waals surface area (Å²) in [4.78, 5) is 20.7. The first kappa shape index (κ1) is 27.6. The molecular weight excluding hydrogens is 379 g/mol. The minimum atomic E-state index is -1.85. The minimum Gasteiger partial charge on any atom is -0.845 e. The Balaban J connectivity index is -0.000000333. The molecule has 0 spiro atoms. The molecule has 0 radical (unpaired) electrons. The van der Waals surface area contributed by atoms with Gasteiger partial charge < -0.3 is 30.0 Å². The molecule has 6 nitrogen and oxygen atoms in total. The molecule has 23 heavy (non-hydrogen) atoms. The van der Waals surface area contributed by atoms with Crippen molar-refractivity contribution in [3.8, 4) is 0 Å². The van der Waals surface area contributed by atoms with Gasteiger partial charge >= 0.3 is 26.2 Å². The molecule has 0 fully saturated rings. The van der Waals surface area contributed by atoms with E-state index < -0.39 is 23.1 Å². The Bertz CT molecular complexity index is 305. The van der Waals surface area contributed by atoms with Crippen LogP contribution in [0.3, 0.4) is 0 Å². The summed E-state index contributed by atoms with van der Waals surface area (Å²) in [6, 6.07) is 0. The Morgan fingerprint density at radius 2 is 1.00 bits per heavy atom. The van der Waals surface area contributed by atoms with E-state index in [-0.39, 0.29) is 51.9 Å². The first-order valence-electron chi connectivity index (χ1n) is 7.97. The standard InChI is InChI=1S/2C8H15O3.Zr/c2*1-3-5-6-8(11,4-2)7(9)10;/h2*3-6H2,1-2H3,(H,9,10);/q2*-1;+4/p-2. The third-order valence-corrected chi connectivity index (χ3v) is 3.75. The van der Waals surface area contributed by atoms with Gasteiger partial charge in [-0.25, -0.2) is 0 Å². The number of hydrogen-bond donors (Lipinski definition) is 0. The maximum Gasteiger partial charge on any atom is 4.00 e. The van der Waals surface area contributed by atoms with E-state index in [0.29, 0.717) is 12.8 Å². The molecular formula is C16H28O6Zr. The van der Waals surface area contributed by atoms with Crippen molar-refractivity contribution in [2.75, 3.05) is 0 Å². The van der Waals surface area contributed by atoms with Gasteiger partial charge in [-0.3, -0.25) is 0 Å². The summed E-state index contributed by atoms with van der Waals surface area (Å²) in [5.41, 5.74) is -3.70. The van der Waals surface area contributed by atoms with Crippen LogP contribution in [0.25, 0.3) is 0 Å². The van der Waals surface area contributed by atoms with E-state index in [9.17, 15) is 30.0 Å². The number of carbonyl (C=O) groups excluding carboxylic acids is 2. The van der Waals surface area contributed by atoms with Gasteiger partial charge in [-0.05, 0) is 0 Å². The maximum atomic E-state index is 11.3. The molecule has 0 aliphatic rings. The van der Waals surface area contributed by atoms with Crippen molar-refractivity contribution in [1.29, 1.82) is 0 Å². The molecule has 2 unspecified atom stereocenters. The number of aliphatic carboxylic acids is 2. The van der Waals surface area contributed by atoms with Gasteiger partial charge in [-0.2, -0.15) is 0 Å².